The van der Waals surface area contributed by atoms with E-state index in [0.29, 0.717) is 13.0 Å². The van der Waals surface area contributed by atoms with Crippen LogP contribution in [0, 0.1) is 0 Å². The van der Waals surface area contributed by atoms with Crippen LogP contribution in [0.25, 0.3) is 0 Å². The summed E-state index contributed by atoms with van der Waals surface area (Å²) >= 11 is 0. The van der Waals surface area contributed by atoms with Crippen LogP contribution in [0.4, 0.5) is 0 Å². The van der Waals surface area contributed by atoms with Gasteiger partial charge in [-0.3, -0.25) is 9.59 Å². The molecule has 0 bridgehead atoms. The van der Waals surface area contributed by atoms with Crippen LogP contribution in [-0.2, 0) is 16.0 Å². The molecular weight excluding hydrogens is 264 g/mol. The van der Waals surface area contributed by atoms with Crippen LogP contribution in [0.5, 0.6) is 0 Å². The van der Waals surface area contributed by atoms with Crippen molar-refractivity contribution >= 4 is 11.8 Å². The highest BCUT2D eigenvalue weighted by molar-refractivity contribution is 5.77. The molecule has 21 heavy (non-hydrogen) atoms. The summed E-state index contributed by atoms with van der Waals surface area (Å²) in [5.74, 6) is 0.194. The zero-order valence-corrected chi connectivity index (χ0v) is 12.7. The van der Waals surface area contributed by atoms with Gasteiger partial charge in [-0.1, -0.05) is 30.3 Å². The highest BCUT2D eigenvalue weighted by atomic mass is 16.2. The smallest absolute Gasteiger partial charge is 0.222 e. The molecule has 0 aliphatic carbocycles. The largest absolute Gasteiger partial charge is 0.352 e. The fraction of sp³-hybridized carbons (Fsp3) is 0.529. The molecule has 1 aromatic rings. The Kier molecular flexibility index (Phi) is 5.78. The Labute approximate surface area is 126 Å². The maximum atomic E-state index is 12.2. The third-order valence-electron chi connectivity index (χ3n) is 3.88. The molecule has 2 amide bonds. The van der Waals surface area contributed by atoms with E-state index in [4.69, 9.17) is 0 Å². The molecule has 0 radical (unpaired) electrons. The van der Waals surface area contributed by atoms with Crippen LogP contribution in [0.15, 0.2) is 30.3 Å². The first kappa shape index (κ1) is 15.5. The van der Waals surface area contributed by atoms with E-state index in [2.05, 4.69) is 17.4 Å². The zero-order valence-electron chi connectivity index (χ0n) is 12.7. The zero-order chi connectivity index (χ0) is 15.1. The Balaban J connectivity index is 1.73. The Morgan fingerprint density at radius 2 is 2.05 bits per heavy atom. The van der Waals surface area contributed by atoms with Gasteiger partial charge in [0.25, 0.3) is 0 Å². The predicted octanol–water partition coefficient (Wildman–Crippen LogP) is 2.14. The molecule has 1 heterocycles. The lowest BCUT2D eigenvalue weighted by atomic mass is 10.0. The second-order valence-electron chi connectivity index (χ2n) is 5.72. The Bertz CT molecular complexity index is 473. The van der Waals surface area contributed by atoms with Gasteiger partial charge in [-0.25, -0.2) is 0 Å². The van der Waals surface area contributed by atoms with Crippen molar-refractivity contribution in [2.45, 2.75) is 45.1 Å². The first-order chi connectivity index (χ1) is 10.1. The molecule has 4 nitrogen and oxygen atoms in total. The van der Waals surface area contributed by atoms with E-state index in [-0.39, 0.29) is 17.9 Å². The number of nitrogens with one attached hydrogen (secondary N) is 1. The molecule has 0 aromatic heterocycles. The fourth-order valence-corrected chi connectivity index (χ4v) is 2.86. The molecule has 1 aliphatic heterocycles. The van der Waals surface area contributed by atoms with Gasteiger partial charge in [-0.15, -0.1) is 0 Å². The second kappa shape index (κ2) is 7.81. The predicted molar refractivity (Wildman–Crippen MR) is 82.8 cm³/mol. The lowest BCUT2D eigenvalue weighted by Gasteiger charge is -2.33. The number of hydrogen-bond acceptors (Lipinski definition) is 2. The first-order valence-corrected chi connectivity index (χ1v) is 7.74. The van der Waals surface area contributed by atoms with Gasteiger partial charge in [0.05, 0.1) is 0 Å². The minimum absolute atomic E-state index is 0.0154. The summed E-state index contributed by atoms with van der Waals surface area (Å²) in [5, 5.41) is 2.92. The van der Waals surface area contributed by atoms with Gasteiger partial charge in [0.15, 0.2) is 0 Å². The number of likely N-dealkylation sites (tertiary alicyclic amines) is 1. The number of carbonyl (C=O) groups is 2. The fourth-order valence-electron chi connectivity index (χ4n) is 2.86. The van der Waals surface area contributed by atoms with E-state index in [1.54, 1.807) is 0 Å². The van der Waals surface area contributed by atoms with Crippen molar-refractivity contribution in [3.63, 3.8) is 0 Å². The standard InChI is InChI=1S/C17H24N2O2/c1-14(20)18-16-10-6-12-19(13-16)17(21)11-5-9-15-7-3-2-4-8-15/h2-4,7-8,16H,5-6,9-13H2,1H3,(H,18,20). The van der Waals surface area contributed by atoms with E-state index in [1.807, 2.05) is 23.1 Å². The number of aryl methyl sites for hydroxylation is 1. The van der Waals surface area contributed by atoms with Crippen molar-refractivity contribution in [1.82, 2.24) is 10.2 Å². The van der Waals surface area contributed by atoms with Crippen LogP contribution in [0.3, 0.4) is 0 Å². The van der Waals surface area contributed by atoms with Gasteiger partial charge in [-0.05, 0) is 31.2 Å². The van der Waals surface area contributed by atoms with Gasteiger partial charge in [-0.2, -0.15) is 0 Å². The van der Waals surface area contributed by atoms with E-state index >= 15 is 0 Å². The van der Waals surface area contributed by atoms with Crippen molar-refractivity contribution < 1.29 is 9.59 Å². The van der Waals surface area contributed by atoms with Crippen LogP contribution in [-0.4, -0.2) is 35.8 Å². The van der Waals surface area contributed by atoms with Gasteiger partial charge in [0, 0.05) is 32.5 Å². The van der Waals surface area contributed by atoms with E-state index < -0.39 is 0 Å². The van der Waals surface area contributed by atoms with Crippen molar-refractivity contribution in [1.29, 1.82) is 0 Å². The Morgan fingerprint density at radius 3 is 2.76 bits per heavy atom. The Morgan fingerprint density at radius 1 is 1.29 bits per heavy atom. The summed E-state index contributed by atoms with van der Waals surface area (Å²) in [6.45, 7) is 3.00. The van der Waals surface area contributed by atoms with Crippen LogP contribution in [0.1, 0.15) is 38.2 Å². The molecule has 1 atom stereocenters. The Hall–Kier alpha value is -1.84. The summed E-state index contributed by atoms with van der Waals surface area (Å²) in [6.07, 6.45) is 4.34. The third kappa shape index (κ3) is 5.21. The molecule has 1 N–H and O–H groups in total. The molecule has 0 saturated carbocycles. The number of carbonyl (C=O) groups excluding carboxylic acids is 2. The van der Waals surface area contributed by atoms with E-state index in [1.165, 1.54) is 12.5 Å². The second-order valence-corrected chi connectivity index (χ2v) is 5.72. The summed E-state index contributed by atoms with van der Waals surface area (Å²) in [4.78, 5) is 25.2. The number of rotatable bonds is 5. The number of amides is 2. The summed E-state index contributed by atoms with van der Waals surface area (Å²) in [7, 11) is 0. The van der Waals surface area contributed by atoms with Gasteiger partial charge < -0.3 is 10.2 Å². The summed E-state index contributed by atoms with van der Waals surface area (Å²) in [5.41, 5.74) is 1.28. The third-order valence-corrected chi connectivity index (χ3v) is 3.88. The quantitative estimate of drug-likeness (QED) is 0.902. The maximum absolute atomic E-state index is 12.2. The molecular formula is C17H24N2O2. The SMILES string of the molecule is CC(=O)NC1CCCN(C(=O)CCCc2ccccc2)C1. The van der Waals surface area contributed by atoms with Crippen LogP contribution >= 0.6 is 0 Å². The topological polar surface area (TPSA) is 49.4 Å². The first-order valence-electron chi connectivity index (χ1n) is 7.74. The van der Waals surface area contributed by atoms with Gasteiger partial charge >= 0.3 is 0 Å². The van der Waals surface area contributed by atoms with Crippen molar-refractivity contribution in [3.8, 4) is 0 Å². The molecule has 1 unspecified atom stereocenters. The molecule has 0 spiro atoms. The maximum Gasteiger partial charge on any atom is 0.222 e. The van der Waals surface area contributed by atoms with E-state index in [0.717, 1.165) is 32.2 Å². The molecule has 1 aromatic carbocycles. The molecule has 1 aliphatic rings. The van der Waals surface area contributed by atoms with Crippen molar-refractivity contribution in [3.05, 3.63) is 35.9 Å². The number of piperidine rings is 1. The molecule has 4 heteroatoms. The average Bonchev–Trinajstić information content (AvgIpc) is 2.48. The summed E-state index contributed by atoms with van der Waals surface area (Å²) < 4.78 is 0. The molecule has 2 rings (SSSR count). The van der Waals surface area contributed by atoms with E-state index in [9.17, 15) is 9.59 Å². The van der Waals surface area contributed by atoms with Crippen molar-refractivity contribution in [2.75, 3.05) is 13.1 Å². The average molecular weight is 288 g/mol. The lowest BCUT2D eigenvalue weighted by Crippen LogP contribution is -2.49. The highest BCUT2D eigenvalue weighted by Gasteiger charge is 2.23. The van der Waals surface area contributed by atoms with Crippen LogP contribution in [0.2, 0.25) is 0 Å². The normalized spacial score (nSPS) is 18.3. The molecule has 1 saturated heterocycles. The minimum atomic E-state index is -0.0154. The molecule has 114 valence electrons. The van der Waals surface area contributed by atoms with Gasteiger partial charge in [0.2, 0.25) is 11.8 Å². The number of benzene rings is 1. The minimum Gasteiger partial charge on any atom is -0.352 e. The lowest BCUT2D eigenvalue weighted by molar-refractivity contribution is -0.133. The van der Waals surface area contributed by atoms with Crippen LogP contribution < -0.4 is 5.32 Å². The van der Waals surface area contributed by atoms with Gasteiger partial charge in [0.1, 0.15) is 0 Å². The van der Waals surface area contributed by atoms with Crippen molar-refractivity contribution in [2.24, 2.45) is 0 Å². The number of nitrogens with zero attached hydrogens (tertiary/aromatic N) is 1. The number of hydrogen-bond donors (Lipinski definition) is 1. The summed E-state index contributed by atoms with van der Waals surface area (Å²) in [6, 6.07) is 10.4. The highest BCUT2D eigenvalue weighted by Crippen LogP contribution is 2.13. The monoisotopic (exact) mass is 288 g/mol. The molecule has 1 fully saturated rings.